The smallest absolute Gasteiger partial charge is 0.0656 e. The minimum absolute atomic E-state index is 0.314. The van der Waals surface area contributed by atoms with Gasteiger partial charge in [-0.2, -0.15) is 0 Å². The van der Waals surface area contributed by atoms with E-state index in [0.717, 1.165) is 0 Å². The van der Waals surface area contributed by atoms with Gasteiger partial charge in [-0.1, -0.05) is 102 Å². The van der Waals surface area contributed by atoms with E-state index in [2.05, 4.69) is 102 Å². The summed E-state index contributed by atoms with van der Waals surface area (Å²) in [6.45, 7) is 20.0. The molecule has 0 spiro atoms. The zero-order chi connectivity index (χ0) is 19.8. The molecule has 0 radical (unpaired) electrons. The van der Waals surface area contributed by atoms with Gasteiger partial charge in [0.05, 0.1) is 16.1 Å². The minimum atomic E-state index is -1.71. The molecule has 0 aliphatic heterocycles. The fourth-order valence-electron chi connectivity index (χ4n) is 4.70. The van der Waals surface area contributed by atoms with E-state index in [0.29, 0.717) is 5.04 Å². The van der Waals surface area contributed by atoms with Crippen LogP contribution in [0.4, 0.5) is 0 Å². The van der Waals surface area contributed by atoms with Crippen molar-refractivity contribution in [3.63, 3.8) is 0 Å². The number of hydrogen-bond acceptors (Lipinski definition) is 0. The number of benzene rings is 2. The van der Waals surface area contributed by atoms with Crippen LogP contribution in [0.1, 0.15) is 43.0 Å². The Bertz CT molecular complexity index is 1010. The van der Waals surface area contributed by atoms with E-state index in [-0.39, 0.29) is 0 Å². The summed E-state index contributed by atoms with van der Waals surface area (Å²) >= 11 is 0. The van der Waals surface area contributed by atoms with E-state index >= 15 is 0 Å². The van der Waals surface area contributed by atoms with Crippen LogP contribution in [-0.4, -0.2) is 16.1 Å². The molecule has 0 bridgehead atoms. The Labute approximate surface area is 167 Å². The molecule has 0 fully saturated rings. The molecule has 2 heteroatoms. The second kappa shape index (κ2) is 5.68. The number of hydrogen-bond donors (Lipinski definition) is 0. The monoisotopic (exact) mass is 388 g/mol. The van der Waals surface area contributed by atoms with Crippen molar-refractivity contribution < 1.29 is 0 Å². The molecule has 0 aromatic heterocycles. The lowest BCUT2D eigenvalue weighted by molar-refractivity contribution is 0.730. The predicted octanol–water partition coefficient (Wildman–Crippen LogP) is 7.76. The highest BCUT2D eigenvalue weighted by molar-refractivity contribution is 7.01. The molecular formula is C25H32Si2. The van der Waals surface area contributed by atoms with Crippen molar-refractivity contribution in [3.8, 4) is 0 Å². The standard InChI is InChI=1S/C25H32Si2/c1-25(2,3)27(7,8)24-20-16-12-10-14-18(20)21-22(24)17-13-9-11-15-19(17)23(21)26(4,5)6/h9-16H,1-8H3. The van der Waals surface area contributed by atoms with E-state index in [9.17, 15) is 0 Å². The van der Waals surface area contributed by atoms with E-state index in [1.165, 1.54) is 22.3 Å². The van der Waals surface area contributed by atoms with Crippen LogP contribution in [0.15, 0.2) is 48.5 Å². The van der Waals surface area contributed by atoms with E-state index in [1.54, 1.807) is 21.5 Å². The molecule has 140 valence electrons. The van der Waals surface area contributed by atoms with E-state index in [1.807, 2.05) is 0 Å². The Morgan fingerprint density at radius 2 is 0.926 bits per heavy atom. The third-order valence-electron chi connectivity index (χ3n) is 6.93. The van der Waals surface area contributed by atoms with Crippen molar-refractivity contribution in [2.24, 2.45) is 0 Å². The van der Waals surface area contributed by atoms with Crippen LogP contribution in [0, 0.1) is 0 Å². The molecule has 0 atom stereocenters. The zero-order valence-electron chi connectivity index (χ0n) is 18.1. The summed E-state index contributed by atoms with van der Waals surface area (Å²) in [4.78, 5) is 0. The largest absolute Gasteiger partial charge is 0.0875 e. The summed E-state index contributed by atoms with van der Waals surface area (Å²) in [5, 5.41) is 3.66. The fourth-order valence-corrected chi connectivity index (χ4v) is 9.26. The molecule has 2 aromatic carbocycles. The quantitative estimate of drug-likeness (QED) is 0.461. The van der Waals surface area contributed by atoms with Crippen molar-refractivity contribution in [1.82, 2.24) is 0 Å². The van der Waals surface area contributed by atoms with Crippen molar-refractivity contribution in [2.75, 3.05) is 0 Å². The van der Waals surface area contributed by atoms with Gasteiger partial charge in [0.25, 0.3) is 0 Å². The van der Waals surface area contributed by atoms with Gasteiger partial charge in [-0.15, -0.1) is 0 Å². The van der Waals surface area contributed by atoms with Crippen LogP contribution in [0.5, 0.6) is 0 Å². The number of rotatable bonds is 2. The van der Waals surface area contributed by atoms with Crippen LogP contribution in [-0.2, 0) is 0 Å². The zero-order valence-corrected chi connectivity index (χ0v) is 20.1. The van der Waals surface area contributed by atoms with Gasteiger partial charge in [0.15, 0.2) is 0 Å². The first kappa shape index (κ1) is 18.7. The van der Waals surface area contributed by atoms with Gasteiger partial charge in [0.2, 0.25) is 0 Å². The lowest BCUT2D eigenvalue weighted by Crippen LogP contribution is -2.39. The van der Waals surface area contributed by atoms with Gasteiger partial charge < -0.3 is 0 Å². The number of fused-ring (bicyclic) bond motifs is 5. The van der Waals surface area contributed by atoms with Gasteiger partial charge in [0, 0.05) is 0 Å². The van der Waals surface area contributed by atoms with Crippen molar-refractivity contribution in [1.29, 1.82) is 0 Å². The third-order valence-corrected chi connectivity index (χ3v) is 14.5. The molecule has 0 amide bonds. The molecule has 0 heterocycles. The first-order chi connectivity index (χ1) is 12.5. The van der Waals surface area contributed by atoms with E-state index < -0.39 is 16.1 Å². The maximum absolute atomic E-state index is 2.57. The van der Waals surface area contributed by atoms with Crippen molar-refractivity contribution in [3.05, 3.63) is 70.8 Å². The summed E-state index contributed by atoms with van der Waals surface area (Å²) in [5.41, 5.74) is 9.15. The SMILES string of the molecule is CC(C)(C)[Si](C)(C)C1=C2C(=C([Si](C)(C)C)c3ccccc32)c2ccccc21. The summed E-state index contributed by atoms with van der Waals surface area (Å²) in [5.74, 6) is 0. The van der Waals surface area contributed by atoms with Crippen molar-refractivity contribution in [2.45, 2.75) is 58.5 Å². The molecular weight excluding hydrogens is 356 g/mol. The number of allylic oxidation sites excluding steroid dienone is 2. The normalized spacial score (nSPS) is 16.6. The average Bonchev–Trinajstić information content (AvgIpc) is 3.06. The molecule has 27 heavy (non-hydrogen) atoms. The van der Waals surface area contributed by atoms with Crippen LogP contribution < -0.4 is 0 Å². The molecule has 2 aliphatic carbocycles. The van der Waals surface area contributed by atoms with Crippen LogP contribution in [0.25, 0.3) is 21.5 Å². The molecule has 2 aromatic rings. The van der Waals surface area contributed by atoms with Gasteiger partial charge >= 0.3 is 0 Å². The Kier molecular flexibility index (Phi) is 3.94. The van der Waals surface area contributed by atoms with Crippen LogP contribution in [0.3, 0.4) is 0 Å². The summed E-state index contributed by atoms with van der Waals surface area (Å²) < 4.78 is 0. The molecule has 0 N–H and O–H groups in total. The molecule has 0 nitrogen and oxygen atoms in total. The highest BCUT2D eigenvalue weighted by Gasteiger charge is 2.48. The minimum Gasteiger partial charge on any atom is -0.0656 e. The molecule has 2 aliphatic rings. The summed E-state index contributed by atoms with van der Waals surface area (Å²) in [7, 11) is -3.21. The highest BCUT2D eigenvalue weighted by atomic mass is 28.3. The summed E-state index contributed by atoms with van der Waals surface area (Å²) in [6.07, 6.45) is 0. The Balaban J connectivity index is 2.20. The average molecular weight is 389 g/mol. The van der Waals surface area contributed by atoms with Gasteiger partial charge in [-0.3, -0.25) is 0 Å². The van der Waals surface area contributed by atoms with Crippen LogP contribution >= 0.6 is 0 Å². The third kappa shape index (κ3) is 2.53. The van der Waals surface area contributed by atoms with E-state index in [4.69, 9.17) is 0 Å². The maximum Gasteiger partial charge on any atom is 0.0875 e. The Morgan fingerprint density at radius 1 is 0.556 bits per heavy atom. The predicted molar refractivity (Wildman–Crippen MR) is 127 cm³/mol. The van der Waals surface area contributed by atoms with Gasteiger partial charge in [-0.25, -0.2) is 0 Å². The Morgan fingerprint density at radius 3 is 1.33 bits per heavy atom. The molecule has 0 saturated carbocycles. The fraction of sp³-hybridized carbons (Fsp3) is 0.360. The summed E-state index contributed by atoms with van der Waals surface area (Å²) in [6, 6.07) is 18.4. The van der Waals surface area contributed by atoms with Gasteiger partial charge in [-0.05, 0) is 48.8 Å². The molecule has 4 rings (SSSR count). The first-order valence-corrected chi connectivity index (χ1v) is 16.7. The lowest BCUT2D eigenvalue weighted by atomic mass is 10.0. The Hall–Kier alpha value is -1.65. The highest BCUT2D eigenvalue weighted by Crippen LogP contribution is 2.61. The lowest BCUT2D eigenvalue weighted by Gasteiger charge is -2.39. The second-order valence-corrected chi connectivity index (χ2v) is 21.0. The second-order valence-electron chi connectivity index (χ2n) is 10.7. The molecule has 0 unspecified atom stereocenters. The van der Waals surface area contributed by atoms with Gasteiger partial charge in [0.1, 0.15) is 0 Å². The molecule has 0 saturated heterocycles. The first-order valence-electron chi connectivity index (χ1n) is 10.2. The topological polar surface area (TPSA) is 0 Å². The van der Waals surface area contributed by atoms with Crippen LogP contribution in [0.2, 0.25) is 37.8 Å². The van der Waals surface area contributed by atoms with Crippen molar-refractivity contribution >= 4 is 37.7 Å². The maximum atomic E-state index is 2.57.